The molecule has 1 aromatic rings. The van der Waals surface area contributed by atoms with E-state index in [9.17, 15) is 4.79 Å². The Balaban J connectivity index is 2.20. The van der Waals surface area contributed by atoms with E-state index < -0.39 is 0 Å². The molecule has 0 N–H and O–H groups in total. The molecule has 17 heavy (non-hydrogen) atoms. The molecule has 0 aromatic heterocycles. The van der Waals surface area contributed by atoms with Gasteiger partial charge in [-0.2, -0.15) is 0 Å². The van der Waals surface area contributed by atoms with Crippen molar-refractivity contribution in [3.8, 4) is 0 Å². The van der Waals surface area contributed by atoms with Gasteiger partial charge in [-0.3, -0.25) is 0 Å². The van der Waals surface area contributed by atoms with Crippen molar-refractivity contribution in [2.75, 3.05) is 0 Å². The largest absolute Gasteiger partial charge is 0.402 e. The Hall–Kier alpha value is -1.90. The van der Waals surface area contributed by atoms with Gasteiger partial charge in [0, 0.05) is 5.56 Å². The first-order valence-electron chi connectivity index (χ1n) is 5.73. The second kappa shape index (κ2) is 4.95. The predicted octanol–water partition coefficient (Wildman–Crippen LogP) is 2.92. The van der Waals surface area contributed by atoms with Crippen LogP contribution < -0.4 is 0 Å². The van der Waals surface area contributed by atoms with E-state index in [1.54, 1.807) is 0 Å². The summed E-state index contributed by atoms with van der Waals surface area (Å²) in [4.78, 5) is 15.8. The predicted molar refractivity (Wildman–Crippen MR) is 66.6 cm³/mol. The van der Waals surface area contributed by atoms with Crippen LogP contribution in [0.15, 0.2) is 47.1 Å². The van der Waals surface area contributed by atoms with Crippen molar-refractivity contribution in [2.45, 2.75) is 20.3 Å². The van der Waals surface area contributed by atoms with Crippen LogP contribution in [0.1, 0.15) is 25.8 Å². The molecule has 0 saturated carbocycles. The van der Waals surface area contributed by atoms with Gasteiger partial charge in [-0.05, 0) is 24.5 Å². The van der Waals surface area contributed by atoms with Crippen molar-refractivity contribution in [3.63, 3.8) is 0 Å². The summed E-state index contributed by atoms with van der Waals surface area (Å²) in [5, 5.41) is 0. The highest BCUT2D eigenvalue weighted by Crippen LogP contribution is 2.17. The lowest BCUT2D eigenvalue weighted by Gasteiger charge is -1.97. The second-order valence-electron chi connectivity index (χ2n) is 4.39. The molecule has 0 saturated heterocycles. The van der Waals surface area contributed by atoms with Crippen LogP contribution in [0, 0.1) is 5.92 Å². The lowest BCUT2D eigenvalue weighted by molar-refractivity contribution is -0.130. The molecule has 2 rings (SSSR count). The van der Waals surface area contributed by atoms with Gasteiger partial charge in [0.15, 0.2) is 0 Å². The van der Waals surface area contributed by atoms with E-state index in [0.717, 1.165) is 12.0 Å². The molecule has 1 aliphatic heterocycles. The number of carbonyl (C=O) groups excluding carboxylic acids is 1. The maximum Gasteiger partial charge on any atom is 0.363 e. The van der Waals surface area contributed by atoms with Crippen molar-refractivity contribution in [1.82, 2.24) is 0 Å². The maximum atomic E-state index is 11.6. The van der Waals surface area contributed by atoms with Gasteiger partial charge in [0.25, 0.3) is 0 Å². The highest BCUT2D eigenvalue weighted by Gasteiger charge is 2.23. The molecule has 0 fully saturated rings. The van der Waals surface area contributed by atoms with Gasteiger partial charge < -0.3 is 4.74 Å². The van der Waals surface area contributed by atoms with E-state index in [0.29, 0.717) is 17.5 Å². The number of rotatable bonds is 3. The lowest BCUT2D eigenvalue weighted by Crippen LogP contribution is -2.05. The number of benzene rings is 1. The monoisotopic (exact) mass is 229 g/mol. The van der Waals surface area contributed by atoms with Crippen molar-refractivity contribution in [1.29, 1.82) is 0 Å². The number of esters is 1. The van der Waals surface area contributed by atoms with E-state index in [1.807, 2.05) is 36.4 Å². The van der Waals surface area contributed by atoms with Crippen LogP contribution in [0.25, 0.3) is 0 Å². The van der Waals surface area contributed by atoms with Crippen LogP contribution in [0.4, 0.5) is 0 Å². The minimum atomic E-state index is -0.357. The summed E-state index contributed by atoms with van der Waals surface area (Å²) < 4.78 is 5.14. The zero-order chi connectivity index (χ0) is 12.3. The summed E-state index contributed by atoms with van der Waals surface area (Å²) in [6.07, 6.45) is 2.67. The zero-order valence-electron chi connectivity index (χ0n) is 10.0. The molecular weight excluding hydrogens is 214 g/mol. The quantitative estimate of drug-likeness (QED) is 0.590. The number of aliphatic imine (C=N–C) groups is 1. The molecular formula is C14H15NO2. The topological polar surface area (TPSA) is 38.7 Å². The van der Waals surface area contributed by atoms with Crippen molar-refractivity contribution < 1.29 is 9.53 Å². The number of hydrogen-bond acceptors (Lipinski definition) is 3. The van der Waals surface area contributed by atoms with Crippen molar-refractivity contribution >= 4 is 11.9 Å². The molecule has 0 radical (unpaired) electrons. The molecule has 1 heterocycles. The highest BCUT2D eigenvalue weighted by atomic mass is 16.6. The van der Waals surface area contributed by atoms with Crippen LogP contribution in [-0.2, 0) is 9.53 Å². The lowest BCUT2D eigenvalue weighted by atomic mass is 10.1. The molecule has 0 bridgehead atoms. The molecule has 0 aliphatic carbocycles. The Morgan fingerprint density at radius 3 is 2.65 bits per heavy atom. The fraction of sp³-hybridized carbons (Fsp3) is 0.286. The molecule has 0 spiro atoms. The Morgan fingerprint density at radius 2 is 2.00 bits per heavy atom. The highest BCUT2D eigenvalue weighted by molar-refractivity contribution is 6.11. The first kappa shape index (κ1) is 11.6. The fourth-order valence-electron chi connectivity index (χ4n) is 1.50. The van der Waals surface area contributed by atoms with Crippen LogP contribution in [-0.4, -0.2) is 11.9 Å². The number of carbonyl (C=O) groups is 1. The summed E-state index contributed by atoms with van der Waals surface area (Å²) in [6.45, 7) is 4.19. The number of cyclic esters (lactones) is 1. The summed E-state index contributed by atoms with van der Waals surface area (Å²) in [5.74, 6) is 0.543. The molecule has 88 valence electrons. The standard InChI is InChI=1S/C14H15NO2/c1-10(2)8-9-12-14(16)17-13(15-12)11-6-4-3-5-7-11/h3-7,9-10H,8H2,1-2H3/b12-9+. The van der Waals surface area contributed by atoms with E-state index in [1.165, 1.54) is 0 Å². The minimum Gasteiger partial charge on any atom is -0.402 e. The third kappa shape index (κ3) is 2.81. The number of nitrogens with zero attached hydrogens (tertiary/aromatic N) is 1. The van der Waals surface area contributed by atoms with Gasteiger partial charge in [0.2, 0.25) is 5.90 Å². The van der Waals surface area contributed by atoms with Gasteiger partial charge in [-0.25, -0.2) is 9.79 Å². The third-order valence-corrected chi connectivity index (χ3v) is 2.42. The molecule has 1 aromatic carbocycles. The average molecular weight is 229 g/mol. The Bertz CT molecular complexity index is 472. The smallest absolute Gasteiger partial charge is 0.363 e. The second-order valence-corrected chi connectivity index (χ2v) is 4.39. The molecule has 0 atom stereocenters. The molecule has 3 nitrogen and oxygen atoms in total. The van der Waals surface area contributed by atoms with Crippen LogP contribution in [0.3, 0.4) is 0 Å². The SMILES string of the molecule is CC(C)C/C=C1/N=C(c2ccccc2)OC1=O. The van der Waals surface area contributed by atoms with E-state index >= 15 is 0 Å². The Morgan fingerprint density at radius 1 is 1.29 bits per heavy atom. The van der Waals surface area contributed by atoms with Crippen molar-refractivity contribution in [3.05, 3.63) is 47.7 Å². The normalized spacial score (nSPS) is 17.5. The molecule has 3 heteroatoms. The molecule has 1 aliphatic rings. The van der Waals surface area contributed by atoms with Crippen LogP contribution >= 0.6 is 0 Å². The Labute approximate surface area is 101 Å². The molecule has 0 unspecified atom stereocenters. The van der Waals surface area contributed by atoms with Crippen LogP contribution in [0.5, 0.6) is 0 Å². The number of hydrogen-bond donors (Lipinski definition) is 0. The first-order valence-corrected chi connectivity index (χ1v) is 5.73. The van der Waals surface area contributed by atoms with E-state index in [2.05, 4.69) is 18.8 Å². The fourth-order valence-corrected chi connectivity index (χ4v) is 1.50. The van der Waals surface area contributed by atoms with Crippen molar-refractivity contribution in [2.24, 2.45) is 10.9 Å². The minimum absolute atomic E-state index is 0.357. The zero-order valence-corrected chi connectivity index (χ0v) is 10.0. The van der Waals surface area contributed by atoms with E-state index in [4.69, 9.17) is 4.74 Å². The Kier molecular flexibility index (Phi) is 3.38. The van der Waals surface area contributed by atoms with Crippen LogP contribution in [0.2, 0.25) is 0 Å². The summed E-state index contributed by atoms with van der Waals surface area (Å²) in [7, 11) is 0. The average Bonchev–Trinajstić information content (AvgIpc) is 2.69. The maximum absolute atomic E-state index is 11.6. The van der Waals surface area contributed by atoms with Gasteiger partial charge in [0.1, 0.15) is 5.70 Å². The van der Waals surface area contributed by atoms with Gasteiger partial charge in [0.05, 0.1) is 0 Å². The summed E-state index contributed by atoms with van der Waals surface area (Å²) in [6, 6.07) is 9.44. The van der Waals surface area contributed by atoms with Gasteiger partial charge in [-0.1, -0.05) is 38.1 Å². The first-order chi connectivity index (χ1) is 8.16. The van der Waals surface area contributed by atoms with Gasteiger partial charge >= 0.3 is 5.97 Å². The van der Waals surface area contributed by atoms with E-state index in [-0.39, 0.29) is 5.97 Å². The van der Waals surface area contributed by atoms with Gasteiger partial charge in [-0.15, -0.1) is 0 Å². The number of allylic oxidation sites excluding steroid dienone is 1. The summed E-state index contributed by atoms with van der Waals surface area (Å²) >= 11 is 0. The third-order valence-electron chi connectivity index (χ3n) is 2.42. The number of ether oxygens (including phenoxy) is 1. The molecule has 0 amide bonds. The summed E-state index contributed by atoms with van der Waals surface area (Å²) in [5.41, 5.74) is 1.24.